The summed E-state index contributed by atoms with van der Waals surface area (Å²) in [5, 5.41) is 3.85. The molecule has 1 N–H and O–H groups in total. The van der Waals surface area contributed by atoms with E-state index in [0.717, 1.165) is 0 Å². The molecule has 0 aromatic heterocycles. The summed E-state index contributed by atoms with van der Waals surface area (Å²) in [5.41, 5.74) is 3.44. The van der Waals surface area contributed by atoms with Crippen molar-refractivity contribution in [2.24, 2.45) is 0 Å². The number of rotatable bonds is 2. The minimum atomic E-state index is 0.411. The van der Waals surface area contributed by atoms with Crippen molar-refractivity contribution in [1.82, 2.24) is 5.32 Å². The first-order chi connectivity index (χ1) is 7.68. The predicted octanol–water partition coefficient (Wildman–Crippen LogP) is 3.97. The van der Waals surface area contributed by atoms with Crippen molar-refractivity contribution < 1.29 is 0 Å². The maximum atomic E-state index is 3.85. The third-order valence-corrected chi connectivity index (χ3v) is 4.94. The Morgan fingerprint density at radius 1 is 1.38 bits per heavy atom. The van der Waals surface area contributed by atoms with E-state index in [1.807, 2.05) is 0 Å². The van der Waals surface area contributed by atoms with Gasteiger partial charge in [-0.2, -0.15) is 0 Å². The van der Waals surface area contributed by atoms with E-state index in [9.17, 15) is 0 Å². The van der Waals surface area contributed by atoms with Gasteiger partial charge >= 0.3 is 0 Å². The Morgan fingerprint density at radius 2 is 2.19 bits per heavy atom. The van der Waals surface area contributed by atoms with Crippen molar-refractivity contribution >= 4 is 15.9 Å². The molecule has 1 fully saturated rings. The van der Waals surface area contributed by atoms with Crippen LogP contribution in [0.1, 0.15) is 49.8 Å². The first-order valence-electron chi connectivity index (χ1n) is 6.23. The zero-order valence-corrected chi connectivity index (χ0v) is 11.3. The number of halogens is 1. The van der Waals surface area contributed by atoms with E-state index >= 15 is 0 Å². The van der Waals surface area contributed by atoms with Gasteiger partial charge in [0, 0.05) is 16.1 Å². The van der Waals surface area contributed by atoms with E-state index in [2.05, 4.69) is 46.4 Å². The van der Waals surface area contributed by atoms with Crippen LogP contribution in [-0.4, -0.2) is 5.54 Å². The van der Waals surface area contributed by atoms with Crippen LogP contribution in [0.15, 0.2) is 22.7 Å². The molecule has 0 amide bonds. The van der Waals surface area contributed by atoms with Crippen LogP contribution in [0.3, 0.4) is 0 Å². The van der Waals surface area contributed by atoms with Gasteiger partial charge in [0.05, 0.1) is 0 Å². The van der Waals surface area contributed by atoms with E-state index in [4.69, 9.17) is 0 Å². The Balaban J connectivity index is 1.83. The van der Waals surface area contributed by atoms with E-state index < -0.39 is 0 Å². The van der Waals surface area contributed by atoms with Crippen LogP contribution in [0.2, 0.25) is 0 Å². The van der Waals surface area contributed by atoms with Crippen molar-refractivity contribution in [1.29, 1.82) is 0 Å². The maximum Gasteiger partial charge on any atom is 0.0331 e. The smallest absolute Gasteiger partial charge is 0.0331 e. The zero-order chi connectivity index (χ0) is 11.2. The van der Waals surface area contributed by atoms with Gasteiger partial charge in [-0.15, -0.1) is 0 Å². The standard InChI is InChI=1S/C14H18BrN/c1-14(8-3-9-14)16-13-7-6-10-11(13)4-2-5-12(10)15/h2,4-5,13,16H,3,6-9H2,1H3. The topological polar surface area (TPSA) is 12.0 Å². The molecule has 1 nitrogen and oxygen atoms in total. The monoisotopic (exact) mass is 279 g/mol. The Morgan fingerprint density at radius 3 is 2.88 bits per heavy atom. The van der Waals surface area contributed by atoms with E-state index in [0.29, 0.717) is 11.6 Å². The van der Waals surface area contributed by atoms with Gasteiger partial charge in [0.25, 0.3) is 0 Å². The number of nitrogens with one attached hydrogen (secondary N) is 1. The highest BCUT2D eigenvalue weighted by molar-refractivity contribution is 9.10. The van der Waals surface area contributed by atoms with Crippen LogP contribution in [0, 0.1) is 0 Å². The number of fused-ring (bicyclic) bond motifs is 1. The van der Waals surface area contributed by atoms with Gasteiger partial charge in [0.2, 0.25) is 0 Å². The van der Waals surface area contributed by atoms with Crippen LogP contribution >= 0.6 is 15.9 Å². The van der Waals surface area contributed by atoms with E-state index in [1.165, 1.54) is 47.7 Å². The summed E-state index contributed by atoms with van der Waals surface area (Å²) >= 11 is 3.66. The largest absolute Gasteiger partial charge is 0.305 e. The number of benzene rings is 1. The molecule has 0 spiro atoms. The minimum absolute atomic E-state index is 0.411. The van der Waals surface area contributed by atoms with Gasteiger partial charge in [-0.25, -0.2) is 0 Å². The Labute approximate surface area is 106 Å². The van der Waals surface area contributed by atoms with Crippen LogP contribution < -0.4 is 5.32 Å². The van der Waals surface area contributed by atoms with Crippen molar-refractivity contribution in [2.45, 2.75) is 50.6 Å². The Kier molecular flexibility index (Phi) is 2.60. The molecule has 0 aliphatic heterocycles. The molecule has 1 aromatic carbocycles. The fourth-order valence-electron chi connectivity index (χ4n) is 3.03. The molecule has 2 heteroatoms. The second-order valence-electron chi connectivity index (χ2n) is 5.46. The minimum Gasteiger partial charge on any atom is -0.305 e. The van der Waals surface area contributed by atoms with Crippen molar-refractivity contribution in [3.8, 4) is 0 Å². The quantitative estimate of drug-likeness (QED) is 0.864. The summed E-state index contributed by atoms with van der Waals surface area (Å²) in [6.07, 6.45) is 6.54. The lowest BCUT2D eigenvalue weighted by Crippen LogP contribution is -2.49. The second kappa shape index (κ2) is 3.85. The molecule has 2 aliphatic carbocycles. The van der Waals surface area contributed by atoms with Crippen LogP contribution in [0.5, 0.6) is 0 Å². The summed E-state index contributed by atoms with van der Waals surface area (Å²) in [7, 11) is 0. The highest BCUT2D eigenvalue weighted by Gasteiger charge is 2.36. The van der Waals surface area contributed by atoms with E-state index in [-0.39, 0.29) is 0 Å². The molecular formula is C14H18BrN. The van der Waals surface area contributed by atoms with Gasteiger partial charge in [-0.05, 0) is 56.2 Å². The first-order valence-corrected chi connectivity index (χ1v) is 7.02. The summed E-state index contributed by atoms with van der Waals surface area (Å²) in [5.74, 6) is 0. The van der Waals surface area contributed by atoms with Crippen LogP contribution in [-0.2, 0) is 6.42 Å². The molecule has 1 aromatic rings. The third kappa shape index (κ3) is 1.72. The van der Waals surface area contributed by atoms with Crippen molar-refractivity contribution in [3.05, 3.63) is 33.8 Å². The lowest BCUT2D eigenvalue weighted by Gasteiger charge is -2.42. The van der Waals surface area contributed by atoms with Gasteiger partial charge in [-0.3, -0.25) is 0 Å². The third-order valence-electron chi connectivity index (χ3n) is 4.19. The van der Waals surface area contributed by atoms with Gasteiger partial charge in [-0.1, -0.05) is 28.1 Å². The lowest BCUT2D eigenvalue weighted by molar-refractivity contribution is 0.185. The summed E-state index contributed by atoms with van der Waals surface area (Å²) in [6.45, 7) is 2.37. The molecule has 0 bridgehead atoms. The van der Waals surface area contributed by atoms with Crippen molar-refractivity contribution in [3.63, 3.8) is 0 Å². The molecule has 16 heavy (non-hydrogen) atoms. The molecule has 1 atom stereocenters. The average molecular weight is 280 g/mol. The zero-order valence-electron chi connectivity index (χ0n) is 9.72. The first kappa shape index (κ1) is 10.8. The molecule has 0 saturated heterocycles. The van der Waals surface area contributed by atoms with Crippen molar-refractivity contribution in [2.75, 3.05) is 0 Å². The van der Waals surface area contributed by atoms with Gasteiger partial charge in [0.15, 0.2) is 0 Å². The summed E-state index contributed by atoms with van der Waals surface area (Å²) in [6, 6.07) is 7.18. The fraction of sp³-hybridized carbons (Fsp3) is 0.571. The summed E-state index contributed by atoms with van der Waals surface area (Å²) in [4.78, 5) is 0. The molecule has 3 rings (SSSR count). The summed E-state index contributed by atoms with van der Waals surface area (Å²) < 4.78 is 1.29. The maximum absolute atomic E-state index is 3.85. The number of hydrogen-bond acceptors (Lipinski definition) is 1. The predicted molar refractivity (Wildman–Crippen MR) is 70.6 cm³/mol. The highest BCUT2D eigenvalue weighted by Crippen LogP contribution is 2.40. The lowest BCUT2D eigenvalue weighted by atomic mass is 9.78. The molecular weight excluding hydrogens is 262 g/mol. The molecule has 0 radical (unpaired) electrons. The van der Waals surface area contributed by atoms with Gasteiger partial charge in [0.1, 0.15) is 0 Å². The molecule has 1 unspecified atom stereocenters. The Bertz CT molecular complexity index is 409. The number of hydrogen-bond donors (Lipinski definition) is 1. The van der Waals surface area contributed by atoms with E-state index in [1.54, 1.807) is 0 Å². The Hall–Kier alpha value is -0.340. The molecule has 0 heterocycles. The highest BCUT2D eigenvalue weighted by atomic mass is 79.9. The average Bonchev–Trinajstić information content (AvgIpc) is 2.61. The van der Waals surface area contributed by atoms with Crippen LogP contribution in [0.4, 0.5) is 0 Å². The second-order valence-corrected chi connectivity index (χ2v) is 6.31. The normalized spacial score (nSPS) is 26.2. The molecule has 2 aliphatic rings. The SMILES string of the molecule is CC1(NC2CCc3c(Br)cccc32)CCC1. The molecule has 1 saturated carbocycles. The van der Waals surface area contributed by atoms with Gasteiger partial charge < -0.3 is 5.32 Å². The fourth-order valence-corrected chi connectivity index (χ4v) is 3.61. The van der Waals surface area contributed by atoms with Crippen LogP contribution in [0.25, 0.3) is 0 Å². The molecule has 86 valence electrons.